The van der Waals surface area contributed by atoms with Gasteiger partial charge in [0.1, 0.15) is 6.33 Å². The maximum atomic E-state index is 12.2. The van der Waals surface area contributed by atoms with E-state index >= 15 is 0 Å². The lowest BCUT2D eigenvalue weighted by Crippen LogP contribution is -2.18. The van der Waals surface area contributed by atoms with E-state index < -0.39 is 0 Å². The molecule has 7 nitrogen and oxygen atoms in total. The van der Waals surface area contributed by atoms with Crippen LogP contribution in [0.15, 0.2) is 48.9 Å². The van der Waals surface area contributed by atoms with E-state index in [1.165, 1.54) is 6.33 Å². The third-order valence-electron chi connectivity index (χ3n) is 3.19. The van der Waals surface area contributed by atoms with Gasteiger partial charge in [0.15, 0.2) is 5.65 Å². The van der Waals surface area contributed by atoms with Crippen LogP contribution in [0.1, 0.15) is 20.7 Å². The van der Waals surface area contributed by atoms with E-state index in [0.717, 1.165) is 0 Å². The highest BCUT2D eigenvalue weighted by atomic mass is 16.2. The van der Waals surface area contributed by atoms with Gasteiger partial charge in [-0.2, -0.15) is 0 Å². The molecule has 0 unspecified atom stereocenters. The van der Waals surface area contributed by atoms with E-state index in [9.17, 15) is 9.59 Å². The molecule has 2 N–H and O–H groups in total. The Kier molecular flexibility index (Phi) is 3.53. The van der Waals surface area contributed by atoms with Crippen LogP contribution in [0.3, 0.4) is 0 Å². The van der Waals surface area contributed by atoms with Crippen molar-refractivity contribution in [2.75, 3.05) is 12.4 Å². The summed E-state index contributed by atoms with van der Waals surface area (Å²) < 4.78 is 1.67. The molecule has 110 valence electrons. The van der Waals surface area contributed by atoms with Crippen molar-refractivity contribution in [3.63, 3.8) is 0 Å². The number of benzene rings is 1. The van der Waals surface area contributed by atoms with Gasteiger partial charge in [-0.3, -0.25) is 14.0 Å². The molecule has 0 atom stereocenters. The maximum Gasteiger partial charge on any atom is 0.257 e. The number of aromatic nitrogens is 3. The standard InChI is InChI=1S/C15H13N5O2/c1-16-14(21)10-2-5-12(6-3-10)18-15(22)11-4-7-13-19-17-9-20(13)8-11/h2-9H,1H3,(H,16,21)(H,18,22). The van der Waals surface area contributed by atoms with Crippen LogP contribution in [-0.4, -0.2) is 33.5 Å². The predicted octanol–water partition coefficient (Wildman–Crippen LogP) is 1.34. The molecular weight excluding hydrogens is 282 g/mol. The Morgan fingerprint density at radius 1 is 1.00 bits per heavy atom. The fourth-order valence-corrected chi connectivity index (χ4v) is 2.01. The molecule has 0 aliphatic rings. The minimum Gasteiger partial charge on any atom is -0.355 e. The molecule has 2 amide bonds. The fraction of sp³-hybridized carbons (Fsp3) is 0.0667. The zero-order chi connectivity index (χ0) is 15.5. The van der Waals surface area contributed by atoms with E-state index in [-0.39, 0.29) is 11.8 Å². The Balaban J connectivity index is 1.77. The number of fused-ring (bicyclic) bond motifs is 1. The third-order valence-corrected chi connectivity index (χ3v) is 3.19. The molecule has 3 rings (SSSR count). The second-order valence-electron chi connectivity index (χ2n) is 4.62. The number of nitrogens with one attached hydrogen (secondary N) is 2. The van der Waals surface area contributed by atoms with E-state index in [2.05, 4.69) is 20.8 Å². The van der Waals surface area contributed by atoms with Crippen molar-refractivity contribution in [1.82, 2.24) is 19.9 Å². The van der Waals surface area contributed by atoms with Crippen LogP contribution >= 0.6 is 0 Å². The summed E-state index contributed by atoms with van der Waals surface area (Å²) in [6.45, 7) is 0. The minimum atomic E-state index is -0.247. The van der Waals surface area contributed by atoms with Crippen LogP contribution in [0.5, 0.6) is 0 Å². The van der Waals surface area contributed by atoms with Crippen molar-refractivity contribution < 1.29 is 9.59 Å². The molecule has 22 heavy (non-hydrogen) atoms. The van der Waals surface area contributed by atoms with Crippen molar-refractivity contribution in [3.8, 4) is 0 Å². The van der Waals surface area contributed by atoms with Gasteiger partial charge in [-0.15, -0.1) is 10.2 Å². The van der Waals surface area contributed by atoms with Crippen LogP contribution in [0.4, 0.5) is 5.69 Å². The molecule has 0 radical (unpaired) electrons. The monoisotopic (exact) mass is 295 g/mol. The van der Waals surface area contributed by atoms with Gasteiger partial charge in [0.2, 0.25) is 0 Å². The first-order valence-electron chi connectivity index (χ1n) is 6.60. The largest absolute Gasteiger partial charge is 0.355 e. The third kappa shape index (κ3) is 2.64. The van der Waals surface area contributed by atoms with E-state index in [1.54, 1.807) is 54.0 Å². The van der Waals surface area contributed by atoms with Gasteiger partial charge < -0.3 is 10.6 Å². The number of pyridine rings is 1. The maximum absolute atomic E-state index is 12.2. The smallest absolute Gasteiger partial charge is 0.257 e. The van der Waals surface area contributed by atoms with Crippen LogP contribution in [0.25, 0.3) is 5.65 Å². The Bertz CT molecular complexity index is 839. The number of nitrogens with zero attached hydrogens (tertiary/aromatic N) is 3. The first kappa shape index (κ1) is 13.7. The average Bonchev–Trinajstić information content (AvgIpc) is 3.02. The van der Waals surface area contributed by atoms with Crippen molar-refractivity contribution in [1.29, 1.82) is 0 Å². The highest BCUT2D eigenvalue weighted by Crippen LogP contribution is 2.12. The van der Waals surface area contributed by atoms with E-state index in [1.807, 2.05) is 0 Å². The lowest BCUT2D eigenvalue weighted by atomic mass is 10.2. The number of hydrogen-bond donors (Lipinski definition) is 2. The summed E-state index contributed by atoms with van der Waals surface area (Å²) >= 11 is 0. The normalized spacial score (nSPS) is 10.4. The summed E-state index contributed by atoms with van der Waals surface area (Å²) in [5, 5.41) is 13.0. The fourth-order valence-electron chi connectivity index (χ4n) is 2.01. The van der Waals surface area contributed by atoms with Gasteiger partial charge in [0, 0.05) is 24.5 Å². The van der Waals surface area contributed by atoms with E-state index in [4.69, 9.17) is 0 Å². The molecule has 0 spiro atoms. The van der Waals surface area contributed by atoms with Gasteiger partial charge in [-0.1, -0.05) is 0 Å². The van der Waals surface area contributed by atoms with Crippen molar-refractivity contribution in [2.24, 2.45) is 0 Å². The summed E-state index contributed by atoms with van der Waals surface area (Å²) in [7, 11) is 1.57. The summed E-state index contributed by atoms with van der Waals surface area (Å²) in [6, 6.07) is 10.1. The number of carbonyl (C=O) groups excluding carboxylic acids is 2. The Morgan fingerprint density at radius 3 is 2.45 bits per heavy atom. The molecule has 2 aromatic heterocycles. The number of amides is 2. The van der Waals surface area contributed by atoms with Gasteiger partial charge in [-0.05, 0) is 36.4 Å². The molecule has 0 aliphatic carbocycles. The second kappa shape index (κ2) is 5.65. The summed E-state index contributed by atoms with van der Waals surface area (Å²) in [4.78, 5) is 23.7. The Hall–Kier alpha value is -3.22. The lowest BCUT2D eigenvalue weighted by molar-refractivity contribution is 0.0962. The van der Waals surface area contributed by atoms with Gasteiger partial charge >= 0.3 is 0 Å². The molecule has 0 saturated heterocycles. The van der Waals surface area contributed by atoms with Crippen LogP contribution in [0, 0.1) is 0 Å². The number of carbonyl (C=O) groups is 2. The molecule has 1 aromatic carbocycles. The number of anilines is 1. The molecule has 0 aliphatic heterocycles. The Labute approximate surface area is 126 Å². The lowest BCUT2D eigenvalue weighted by Gasteiger charge is -2.06. The van der Waals surface area contributed by atoms with Crippen molar-refractivity contribution in [3.05, 3.63) is 60.0 Å². The summed E-state index contributed by atoms with van der Waals surface area (Å²) in [6.07, 6.45) is 3.19. The molecular formula is C15H13N5O2. The summed E-state index contributed by atoms with van der Waals surface area (Å²) in [5.74, 6) is -0.417. The molecule has 7 heteroatoms. The minimum absolute atomic E-state index is 0.170. The average molecular weight is 295 g/mol. The second-order valence-corrected chi connectivity index (χ2v) is 4.62. The number of rotatable bonds is 3. The highest BCUT2D eigenvalue weighted by molar-refractivity contribution is 6.04. The molecule has 0 bridgehead atoms. The highest BCUT2D eigenvalue weighted by Gasteiger charge is 2.08. The zero-order valence-corrected chi connectivity index (χ0v) is 11.8. The molecule has 0 saturated carbocycles. The topological polar surface area (TPSA) is 88.4 Å². The van der Waals surface area contributed by atoms with Gasteiger partial charge in [0.25, 0.3) is 11.8 Å². The van der Waals surface area contributed by atoms with Crippen LogP contribution in [0.2, 0.25) is 0 Å². The van der Waals surface area contributed by atoms with Crippen LogP contribution in [-0.2, 0) is 0 Å². The van der Waals surface area contributed by atoms with Crippen LogP contribution < -0.4 is 10.6 Å². The SMILES string of the molecule is CNC(=O)c1ccc(NC(=O)c2ccc3nncn3c2)cc1. The van der Waals surface area contributed by atoms with E-state index in [0.29, 0.717) is 22.5 Å². The number of hydrogen-bond acceptors (Lipinski definition) is 4. The zero-order valence-electron chi connectivity index (χ0n) is 11.8. The molecule has 3 aromatic rings. The van der Waals surface area contributed by atoms with Crippen molar-refractivity contribution >= 4 is 23.1 Å². The van der Waals surface area contributed by atoms with Gasteiger partial charge in [0.05, 0.1) is 5.56 Å². The van der Waals surface area contributed by atoms with Gasteiger partial charge in [-0.25, -0.2) is 0 Å². The first-order chi connectivity index (χ1) is 10.7. The first-order valence-corrected chi connectivity index (χ1v) is 6.60. The quantitative estimate of drug-likeness (QED) is 0.763. The van der Waals surface area contributed by atoms with Crippen molar-refractivity contribution in [2.45, 2.75) is 0 Å². The molecule has 2 heterocycles. The predicted molar refractivity (Wildman–Crippen MR) is 80.8 cm³/mol. The summed E-state index contributed by atoms with van der Waals surface area (Å²) in [5.41, 5.74) is 2.31. The molecule has 0 fully saturated rings. The Morgan fingerprint density at radius 2 is 1.73 bits per heavy atom.